The lowest BCUT2D eigenvalue weighted by Crippen LogP contribution is -2.34. The van der Waals surface area contributed by atoms with Crippen LogP contribution in [0.25, 0.3) is 0 Å². The first kappa shape index (κ1) is 16.2. The summed E-state index contributed by atoms with van der Waals surface area (Å²) < 4.78 is 5.59. The monoisotopic (exact) mass is 331 g/mol. The molecule has 0 saturated carbocycles. The van der Waals surface area contributed by atoms with Gasteiger partial charge in [0.1, 0.15) is 0 Å². The van der Waals surface area contributed by atoms with Crippen molar-refractivity contribution in [2.24, 2.45) is 0 Å². The van der Waals surface area contributed by atoms with Crippen LogP contribution in [0.4, 0.5) is 0 Å². The first-order chi connectivity index (χ1) is 11.3. The van der Waals surface area contributed by atoms with E-state index in [0.29, 0.717) is 36.1 Å². The van der Waals surface area contributed by atoms with Gasteiger partial charge < -0.3 is 15.4 Å². The van der Waals surface area contributed by atoms with Gasteiger partial charge in [-0.25, -0.2) is 4.98 Å². The number of aromatic nitrogens is 1. The molecule has 1 aromatic heterocycles. The average Bonchev–Trinajstić information content (AvgIpc) is 3.04. The van der Waals surface area contributed by atoms with E-state index in [-0.39, 0.29) is 0 Å². The molecule has 1 saturated heterocycles. The van der Waals surface area contributed by atoms with Gasteiger partial charge in [-0.2, -0.15) is 0 Å². The molecule has 1 aliphatic rings. The second-order valence-electron chi connectivity index (χ2n) is 5.67. The number of benzene rings is 1. The number of rotatable bonds is 6. The van der Waals surface area contributed by atoms with Gasteiger partial charge in [0.05, 0.1) is 11.6 Å². The molecular formula is C18H22ClN3O. The molecule has 0 spiro atoms. The van der Waals surface area contributed by atoms with Crippen LogP contribution >= 0.6 is 11.6 Å². The smallest absolute Gasteiger partial charge is 0.217 e. The largest absolute Gasteiger partial charge is 0.478 e. The Bertz CT molecular complexity index is 635. The van der Waals surface area contributed by atoms with E-state index in [4.69, 9.17) is 16.3 Å². The Hall–Kier alpha value is -1.62. The second-order valence-corrected chi connectivity index (χ2v) is 6.11. The number of halogens is 1. The van der Waals surface area contributed by atoms with E-state index >= 15 is 0 Å². The minimum absolute atomic E-state index is 0.332. The van der Waals surface area contributed by atoms with Crippen molar-refractivity contribution in [1.82, 2.24) is 15.6 Å². The van der Waals surface area contributed by atoms with E-state index in [1.807, 2.05) is 19.1 Å². The zero-order valence-electron chi connectivity index (χ0n) is 13.3. The number of nitrogens with one attached hydrogen (secondary N) is 2. The number of hydrogen-bond acceptors (Lipinski definition) is 4. The average molecular weight is 332 g/mol. The van der Waals surface area contributed by atoms with Crippen molar-refractivity contribution in [2.45, 2.75) is 32.0 Å². The Morgan fingerprint density at radius 3 is 2.96 bits per heavy atom. The Labute approximate surface area is 142 Å². The highest BCUT2D eigenvalue weighted by atomic mass is 35.5. The van der Waals surface area contributed by atoms with E-state index in [0.717, 1.165) is 18.5 Å². The molecule has 2 heterocycles. The summed E-state index contributed by atoms with van der Waals surface area (Å²) in [5.41, 5.74) is 2.31. The van der Waals surface area contributed by atoms with Crippen molar-refractivity contribution in [3.05, 3.63) is 58.7 Å². The van der Waals surface area contributed by atoms with Crippen molar-refractivity contribution >= 4 is 11.6 Å². The van der Waals surface area contributed by atoms with Crippen LogP contribution < -0.4 is 15.4 Å². The van der Waals surface area contributed by atoms with Crippen LogP contribution in [-0.4, -0.2) is 24.2 Å². The number of pyridine rings is 1. The lowest BCUT2D eigenvalue weighted by Gasteiger charge is -2.22. The van der Waals surface area contributed by atoms with Gasteiger partial charge in [-0.15, -0.1) is 0 Å². The summed E-state index contributed by atoms with van der Waals surface area (Å²) in [6, 6.07) is 13.2. The van der Waals surface area contributed by atoms with Crippen LogP contribution in [0.3, 0.4) is 0 Å². The maximum absolute atomic E-state index is 6.08. The van der Waals surface area contributed by atoms with Gasteiger partial charge in [0, 0.05) is 30.4 Å². The summed E-state index contributed by atoms with van der Waals surface area (Å²) in [6.45, 7) is 4.26. The van der Waals surface area contributed by atoms with E-state index in [1.54, 1.807) is 6.20 Å². The summed E-state index contributed by atoms with van der Waals surface area (Å²) in [5.74, 6) is 0.659. The fourth-order valence-corrected chi connectivity index (χ4v) is 3.22. The predicted octanol–water partition coefficient (Wildman–Crippen LogP) is 3.33. The molecule has 0 radical (unpaired) electrons. The van der Waals surface area contributed by atoms with Crippen LogP contribution in [0.1, 0.15) is 30.5 Å². The Kier molecular flexibility index (Phi) is 5.49. The van der Waals surface area contributed by atoms with E-state index in [9.17, 15) is 0 Å². The predicted molar refractivity (Wildman–Crippen MR) is 92.8 cm³/mol. The molecule has 1 fully saturated rings. The molecule has 0 amide bonds. The summed E-state index contributed by atoms with van der Waals surface area (Å²) >= 11 is 6.08. The van der Waals surface area contributed by atoms with Gasteiger partial charge in [-0.1, -0.05) is 41.9 Å². The van der Waals surface area contributed by atoms with Crippen LogP contribution in [-0.2, 0) is 6.54 Å². The maximum atomic E-state index is 6.08. The molecular weight excluding hydrogens is 310 g/mol. The van der Waals surface area contributed by atoms with Crippen LogP contribution in [0, 0.1) is 0 Å². The standard InChI is InChI=1S/C18H22ClN3O/c1-2-23-18-14(10-15(19)12-22-18)11-21-16-8-9-20-17(16)13-6-4-3-5-7-13/h3-7,10,12,16-17,20-21H,2,8-9,11H2,1H3. The van der Waals surface area contributed by atoms with Gasteiger partial charge in [-0.05, 0) is 31.5 Å². The minimum atomic E-state index is 0.332. The van der Waals surface area contributed by atoms with E-state index in [1.165, 1.54) is 5.56 Å². The van der Waals surface area contributed by atoms with Crippen molar-refractivity contribution in [3.63, 3.8) is 0 Å². The van der Waals surface area contributed by atoms with Crippen molar-refractivity contribution < 1.29 is 4.74 Å². The van der Waals surface area contributed by atoms with Gasteiger partial charge in [0.2, 0.25) is 5.88 Å². The van der Waals surface area contributed by atoms with Crippen molar-refractivity contribution in [3.8, 4) is 5.88 Å². The lowest BCUT2D eigenvalue weighted by molar-refractivity contribution is 0.320. The fourth-order valence-electron chi connectivity index (χ4n) is 3.04. The lowest BCUT2D eigenvalue weighted by atomic mass is 10.0. The highest BCUT2D eigenvalue weighted by Crippen LogP contribution is 2.25. The normalized spacial score (nSPS) is 20.6. The van der Waals surface area contributed by atoms with Crippen LogP contribution in [0.5, 0.6) is 5.88 Å². The van der Waals surface area contributed by atoms with Crippen LogP contribution in [0.15, 0.2) is 42.6 Å². The summed E-state index contributed by atoms with van der Waals surface area (Å²) in [7, 11) is 0. The quantitative estimate of drug-likeness (QED) is 0.852. The molecule has 1 aliphatic heterocycles. The third-order valence-electron chi connectivity index (χ3n) is 4.11. The Morgan fingerprint density at radius 1 is 1.35 bits per heavy atom. The van der Waals surface area contributed by atoms with Gasteiger partial charge in [-0.3, -0.25) is 0 Å². The van der Waals surface area contributed by atoms with Crippen LogP contribution in [0.2, 0.25) is 5.02 Å². The summed E-state index contributed by atoms with van der Waals surface area (Å²) in [5, 5.41) is 7.84. The third kappa shape index (κ3) is 4.02. The Morgan fingerprint density at radius 2 is 2.17 bits per heavy atom. The molecule has 5 heteroatoms. The summed E-state index contributed by atoms with van der Waals surface area (Å²) in [4.78, 5) is 4.28. The SMILES string of the molecule is CCOc1ncc(Cl)cc1CNC1CCNC1c1ccccc1. The minimum Gasteiger partial charge on any atom is -0.478 e. The molecule has 1 aromatic carbocycles. The highest BCUT2D eigenvalue weighted by molar-refractivity contribution is 6.30. The molecule has 2 aromatic rings. The van der Waals surface area contributed by atoms with Gasteiger partial charge in [0.15, 0.2) is 0 Å². The van der Waals surface area contributed by atoms with Crippen molar-refractivity contribution in [1.29, 1.82) is 0 Å². The fraction of sp³-hybridized carbons (Fsp3) is 0.389. The van der Waals surface area contributed by atoms with Gasteiger partial charge >= 0.3 is 0 Å². The highest BCUT2D eigenvalue weighted by Gasteiger charge is 2.27. The van der Waals surface area contributed by atoms with Crippen molar-refractivity contribution in [2.75, 3.05) is 13.2 Å². The zero-order valence-corrected chi connectivity index (χ0v) is 14.0. The third-order valence-corrected chi connectivity index (χ3v) is 4.32. The molecule has 122 valence electrons. The molecule has 4 nitrogen and oxygen atoms in total. The molecule has 3 rings (SSSR count). The topological polar surface area (TPSA) is 46.2 Å². The summed E-state index contributed by atoms with van der Waals surface area (Å²) in [6.07, 6.45) is 2.72. The zero-order chi connectivity index (χ0) is 16.1. The number of ether oxygens (including phenoxy) is 1. The molecule has 2 atom stereocenters. The number of hydrogen-bond donors (Lipinski definition) is 2. The molecule has 0 aliphatic carbocycles. The van der Waals surface area contributed by atoms with Gasteiger partial charge in [0.25, 0.3) is 0 Å². The number of nitrogens with zero attached hydrogens (tertiary/aromatic N) is 1. The van der Waals surface area contributed by atoms with E-state index in [2.05, 4.69) is 39.9 Å². The first-order valence-electron chi connectivity index (χ1n) is 8.07. The Balaban J connectivity index is 1.69. The second kappa shape index (κ2) is 7.77. The molecule has 2 unspecified atom stereocenters. The molecule has 0 bridgehead atoms. The molecule has 23 heavy (non-hydrogen) atoms. The first-order valence-corrected chi connectivity index (χ1v) is 8.44. The molecule has 2 N–H and O–H groups in total. The van der Waals surface area contributed by atoms with E-state index < -0.39 is 0 Å². The maximum Gasteiger partial charge on any atom is 0.217 e.